The Hall–Kier alpha value is -1.51. The average Bonchev–Trinajstić information content (AvgIpc) is 3.02. The Morgan fingerprint density at radius 1 is 1.47 bits per heavy atom. The molecule has 0 N–H and O–H groups in total. The van der Waals surface area contributed by atoms with E-state index < -0.39 is 14.4 Å². The molecule has 7 heteroatoms. The van der Waals surface area contributed by atoms with Crippen molar-refractivity contribution in [3.63, 3.8) is 0 Å². The van der Waals surface area contributed by atoms with Crippen molar-refractivity contribution in [1.29, 1.82) is 0 Å². The Morgan fingerprint density at radius 2 is 2.06 bits per heavy atom. The van der Waals surface area contributed by atoms with Crippen LogP contribution in [0.3, 0.4) is 0 Å². The van der Waals surface area contributed by atoms with Crippen molar-refractivity contribution in [2.45, 2.75) is 3.55 Å². The van der Waals surface area contributed by atoms with Crippen molar-refractivity contribution in [3.05, 3.63) is 39.9 Å². The number of benzene rings is 1. The van der Waals surface area contributed by atoms with E-state index in [9.17, 15) is 14.9 Å². The number of ether oxygens (including phenoxy) is 1. The summed E-state index contributed by atoms with van der Waals surface area (Å²) in [6, 6.07) is 5.90. The largest absolute Gasteiger partial charge is 0.466 e. The fourth-order valence-corrected chi connectivity index (χ4v) is 2.17. The van der Waals surface area contributed by atoms with Gasteiger partial charge >= 0.3 is 5.97 Å². The Kier molecular flexibility index (Phi) is 2.86. The lowest BCUT2D eigenvalue weighted by atomic mass is 10.1. The molecule has 0 spiro atoms. The number of esters is 1. The van der Waals surface area contributed by atoms with Crippen LogP contribution in [0, 0.1) is 10.1 Å². The maximum atomic E-state index is 11.4. The number of aliphatic imine (C=N–C) groups is 1. The van der Waals surface area contributed by atoms with E-state index in [1.165, 1.54) is 19.2 Å². The predicted molar refractivity (Wildman–Crippen MR) is 68.4 cm³/mol. The second-order valence-electron chi connectivity index (χ2n) is 3.38. The van der Waals surface area contributed by atoms with Gasteiger partial charge in [-0.15, -0.1) is 0 Å². The zero-order valence-electron chi connectivity index (χ0n) is 8.71. The zero-order valence-corrected chi connectivity index (χ0v) is 10.9. The lowest BCUT2D eigenvalue weighted by molar-refractivity contribution is -0.384. The Labute approximate surface area is 110 Å². The molecule has 6 nitrogen and oxygen atoms in total. The lowest BCUT2D eigenvalue weighted by Crippen LogP contribution is -2.24. The lowest BCUT2D eigenvalue weighted by Gasteiger charge is -2.03. The standard InChI is InChI=1S/C10H7IN2O4/c1-17-9(14)10(11)8(12-10)6-2-4-7(5-3-6)13(15)16/h2-5H,1H3. The Balaban J connectivity index is 2.19. The number of halogens is 1. The van der Waals surface area contributed by atoms with Gasteiger partial charge in [0.1, 0.15) is 0 Å². The fraction of sp³-hybridized carbons (Fsp3) is 0.200. The van der Waals surface area contributed by atoms with E-state index in [1.54, 1.807) is 12.1 Å². The molecule has 1 atom stereocenters. The molecule has 0 aliphatic carbocycles. The number of carbonyl (C=O) groups excluding carboxylic acids is 1. The fourth-order valence-electron chi connectivity index (χ4n) is 1.40. The van der Waals surface area contributed by atoms with Gasteiger partial charge in [-0.25, -0.2) is 9.79 Å². The zero-order chi connectivity index (χ0) is 12.6. The van der Waals surface area contributed by atoms with Crippen molar-refractivity contribution in [2.24, 2.45) is 4.99 Å². The first-order valence-corrected chi connectivity index (χ1v) is 5.69. The molecule has 1 aromatic carbocycles. The molecule has 1 unspecified atom stereocenters. The summed E-state index contributed by atoms with van der Waals surface area (Å²) in [5.74, 6) is -0.438. The average molecular weight is 346 g/mol. The Bertz CT molecular complexity index is 526. The van der Waals surface area contributed by atoms with Crippen molar-refractivity contribution in [3.8, 4) is 0 Å². The number of alkyl halides is 1. The molecule has 1 aliphatic heterocycles. The second-order valence-corrected chi connectivity index (χ2v) is 4.94. The maximum absolute atomic E-state index is 11.4. The highest BCUT2D eigenvalue weighted by atomic mass is 127. The van der Waals surface area contributed by atoms with Crippen LogP contribution in [-0.4, -0.2) is 27.3 Å². The van der Waals surface area contributed by atoms with Gasteiger partial charge in [-0.05, 0) is 34.7 Å². The number of non-ortho nitro benzene ring substituents is 1. The maximum Gasteiger partial charge on any atom is 0.350 e. The highest BCUT2D eigenvalue weighted by Crippen LogP contribution is 2.40. The molecule has 17 heavy (non-hydrogen) atoms. The van der Waals surface area contributed by atoms with Crippen molar-refractivity contribution < 1.29 is 14.5 Å². The summed E-state index contributed by atoms with van der Waals surface area (Å²) in [5.41, 5.74) is 1.28. The number of nitrogens with zero attached hydrogens (tertiary/aromatic N) is 2. The van der Waals surface area contributed by atoms with E-state index in [2.05, 4.69) is 9.73 Å². The molecular formula is C10H7IN2O4. The van der Waals surface area contributed by atoms with Crippen LogP contribution in [0.1, 0.15) is 5.56 Å². The van der Waals surface area contributed by atoms with Crippen molar-refractivity contribution in [2.75, 3.05) is 7.11 Å². The van der Waals surface area contributed by atoms with Gasteiger partial charge < -0.3 is 4.74 Å². The molecule has 0 saturated carbocycles. The summed E-state index contributed by atoms with van der Waals surface area (Å²) in [6.45, 7) is 0. The highest BCUT2D eigenvalue weighted by Gasteiger charge is 2.53. The number of nitro benzene ring substituents is 1. The Morgan fingerprint density at radius 3 is 2.53 bits per heavy atom. The molecule has 0 saturated heterocycles. The molecular weight excluding hydrogens is 339 g/mol. The van der Waals surface area contributed by atoms with Gasteiger partial charge in [0.05, 0.1) is 17.7 Å². The van der Waals surface area contributed by atoms with Gasteiger partial charge in [0.2, 0.25) is 3.55 Å². The molecule has 1 heterocycles. The summed E-state index contributed by atoms with van der Waals surface area (Å²) < 4.78 is 3.67. The van der Waals surface area contributed by atoms with Crippen LogP contribution in [0.5, 0.6) is 0 Å². The first-order valence-electron chi connectivity index (χ1n) is 4.61. The van der Waals surface area contributed by atoms with Gasteiger partial charge in [-0.1, -0.05) is 0 Å². The van der Waals surface area contributed by atoms with E-state index in [4.69, 9.17) is 0 Å². The van der Waals surface area contributed by atoms with Crippen LogP contribution in [0.4, 0.5) is 5.69 Å². The summed E-state index contributed by atoms with van der Waals surface area (Å²) in [7, 11) is 1.30. The van der Waals surface area contributed by atoms with Gasteiger partial charge in [0, 0.05) is 17.7 Å². The van der Waals surface area contributed by atoms with Crippen LogP contribution in [0.15, 0.2) is 29.3 Å². The monoisotopic (exact) mass is 346 g/mol. The second kappa shape index (κ2) is 4.06. The molecule has 0 amide bonds. The van der Waals surface area contributed by atoms with Crippen LogP contribution in [-0.2, 0) is 9.53 Å². The van der Waals surface area contributed by atoms with Gasteiger partial charge in [0.25, 0.3) is 5.69 Å². The topological polar surface area (TPSA) is 81.8 Å². The third kappa shape index (κ3) is 2.02. The van der Waals surface area contributed by atoms with Crippen molar-refractivity contribution >= 4 is 40.0 Å². The minimum absolute atomic E-state index is 0.00660. The van der Waals surface area contributed by atoms with E-state index in [0.29, 0.717) is 11.3 Å². The quantitative estimate of drug-likeness (QED) is 0.208. The van der Waals surface area contributed by atoms with Gasteiger partial charge in [0.15, 0.2) is 0 Å². The third-order valence-corrected chi connectivity index (χ3v) is 3.53. The number of hydrogen-bond donors (Lipinski definition) is 0. The van der Waals surface area contributed by atoms with Gasteiger partial charge in [-0.3, -0.25) is 10.1 Å². The van der Waals surface area contributed by atoms with Crippen LogP contribution in [0.2, 0.25) is 0 Å². The number of carbonyl (C=O) groups is 1. The summed E-state index contributed by atoms with van der Waals surface area (Å²) in [5, 5.41) is 10.5. The summed E-state index contributed by atoms with van der Waals surface area (Å²) in [4.78, 5) is 25.5. The van der Waals surface area contributed by atoms with E-state index >= 15 is 0 Å². The van der Waals surface area contributed by atoms with Crippen LogP contribution >= 0.6 is 22.6 Å². The number of hydrogen-bond acceptors (Lipinski definition) is 5. The number of nitro groups is 1. The van der Waals surface area contributed by atoms with E-state index in [0.717, 1.165) is 0 Å². The summed E-state index contributed by atoms with van der Waals surface area (Å²) in [6.07, 6.45) is 0. The first-order chi connectivity index (χ1) is 7.99. The molecule has 1 aromatic rings. The summed E-state index contributed by atoms with van der Waals surface area (Å²) >= 11 is 1.89. The molecule has 2 rings (SSSR count). The van der Waals surface area contributed by atoms with Gasteiger partial charge in [-0.2, -0.15) is 0 Å². The SMILES string of the molecule is COC(=O)C1(I)N=C1c1ccc([N+](=O)[O-])cc1. The normalized spacial score (nSPS) is 21.6. The first kappa shape index (κ1) is 12.0. The van der Waals surface area contributed by atoms with Crippen LogP contribution < -0.4 is 0 Å². The minimum Gasteiger partial charge on any atom is -0.466 e. The highest BCUT2D eigenvalue weighted by molar-refractivity contribution is 14.1. The molecule has 0 fully saturated rings. The predicted octanol–water partition coefficient (Wildman–Crippen LogP) is 1.70. The van der Waals surface area contributed by atoms with E-state index in [-0.39, 0.29) is 5.69 Å². The van der Waals surface area contributed by atoms with Crippen LogP contribution in [0.25, 0.3) is 0 Å². The molecule has 0 aromatic heterocycles. The van der Waals surface area contributed by atoms with Crippen molar-refractivity contribution in [1.82, 2.24) is 0 Å². The molecule has 0 radical (unpaired) electrons. The molecule has 1 aliphatic rings. The smallest absolute Gasteiger partial charge is 0.350 e. The molecule has 88 valence electrons. The third-order valence-electron chi connectivity index (χ3n) is 2.34. The number of methoxy groups -OCH3 is 1. The molecule has 0 bridgehead atoms. The minimum atomic E-state index is -0.956. The number of rotatable bonds is 3. The van der Waals surface area contributed by atoms with E-state index in [1.807, 2.05) is 22.6 Å².